The number of aromatic nitrogens is 2. The molecule has 2 heterocycles. The minimum atomic E-state index is 0.438. The number of nitrogens with one attached hydrogen (secondary N) is 1. The maximum absolute atomic E-state index is 5.91. The van der Waals surface area contributed by atoms with Gasteiger partial charge in [-0.05, 0) is 25.1 Å². The van der Waals surface area contributed by atoms with Crippen LogP contribution in [0.3, 0.4) is 0 Å². The topological polar surface area (TPSA) is 37.9 Å². The number of aromatic amines is 1. The molecule has 0 saturated heterocycles. The number of ether oxygens (including phenoxy) is 1. The molecule has 0 aliphatic heterocycles. The Morgan fingerprint density at radius 2 is 2.35 bits per heavy atom. The molecule has 0 atom stereocenters. The van der Waals surface area contributed by atoms with Gasteiger partial charge in [-0.3, -0.25) is 0 Å². The standard InChI is InChI=1S/C11H11ClN2OS2/c1-2-15-6-10-13-7(5-11(16)14-10)8-3-4-9(12)17-8/h3-5H,2,6H2,1H3,(H,13,14,16). The van der Waals surface area contributed by atoms with Gasteiger partial charge in [-0.1, -0.05) is 23.8 Å². The first kappa shape index (κ1) is 12.7. The van der Waals surface area contributed by atoms with Crippen LogP contribution in [0.4, 0.5) is 0 Å². The van der Waals surface area contributed by atoms with Crippen LogP contribution in [0.25, 0.3) is 10.6 Å². The van der Waals surface area contributed by atoms with Gasteiger partial charge in [-0.2, -0.15) is 0 Å². The van der Waals surface area contributed by atoms with Gasteiger partial charge < -0.3 is 9.72 Å². The number of hydrogen-bond acceptors (Lipinski definition) is 4. The van der Waals surface area contributed by atoms with Crippen LogP contribution < -0.4 is 0 Å². The van der Waals surface area contributed by atoms with Crippen LogP contribution in [0.1, 0.15) is 12.7 Å². The third-order valence-corrected chi connectivity index (χ3v) is 3.55. The molecule has 1 N–H and O–H groups in total. The number of thiophene rings is 1. The SMILES string of the molecule is CCOCc1nc(=S)cc(-c2ccc(Cl)s2)[nH]1. The zero-order valence-corrected chi connectivity index (χ0v) is 11.6. The van der Waals surface area contributed by atoms with E-state index < -0.39 is 0 Å². The van der Waals surface area contributed by atoms with E-state index in [-0.39, 0.29) is 0 Å². The van der Waals surface area contributed by atoms with Gasteiger partial charge in [0.15, 0.2) is 0 Å². The molecule has 0 aliphatic carbocycles. The molecule has 17 heavy (non-hydrogen) atoms. The highest BCUT2D eigenvalue weighted by Crippen LogP contribution is 2.29. The zero-order valence-electron chi connectivity index (χ0n) is 9.20. The van der Waals surface area contributed by atoms with Crippen molar-refractivity contribution in [1.82, 2.24) is 9.97 Å². The highest BCUT2D eigenvalue weighted by molar-refractivity contribution is 7.71. The lowest BCUT2D eigenvalue weighted by molar-refractivity contribution is 0.128. The van der Waals surface area contributed by atoms with Gasteiger partial charge in [0, 0.05) is 6.61 Å². The Bertz CT molecular complexity index is 565. The molecule has 0 radical (unpaired) electrons. The van der Waals surface area contributed by atoms with E-state index in [2.05, 4.69) is 9.97 Å². The normalized spacial score (nSPS) is 10.7. The molecule has 0 aliphatic rings. The van der Waals surface area contributed by atoms with Gasteiger partial charge in [0.25, 0.3) is 0 Å². The van der Waals surface area contributed by atoms with Crippen molar-refractivity contribution >= 4 is 35.2 Å². The summed E-state index contributed by atoms with van der Waals surface area (Å²) in [6, 6.07) is 5.64. The Kier molecular flexibility index (Phi) is 4.28. The summed E-state index contributed by atoms with van der Waals surface area (Å²) in [5, 5.41) is 0. The lowest BCUT2D eigenvalue weighted by Crippen LogP contribution is -2.00. The number of halogens is 1. The average Bonchev–Trinajstić information content (AvgIpc) is 2.72. The summed E-state index contributed by atoms with van der Waals surface area (Å²) in [4.78, 5) is 8.45. The molecular weight excluding hydrogens is 276 g/mol. The predicted molar refractivity (Wildman–Crippen MR) is 73.1 cm³/mol. The average molecular weight is 287 g/mol. The van der Waals surface area contributed by atoms with Crippen LogP contribution in [0.15, 0.2) is 18.2 Å². The summed E-state index contributed by atoms with van der Waals surface area (Å²) in [6.45, 7) is 3.03. The molecule has 2 aromatic heterocycles. The Balaban J connectivity index is 2.34. The molecule has 0 unspecified atom stereocenters. The van der Waals surface area contributed by atoms with Crippen LogP contribution in [0.5, 0.6) is 0 Å². The second-order valence-corrected chi connectivity index (χ2v) is 5.45. The van der Waals surface area contributed by atoms with Gasteiger partial charge in [0.05, 0.1) is 14.9 Å². The van der Waals surface area contributed by atoms with E-state index in [4.69, 9.17) is 28.6 Å². The summed E-state index contributed by atoms with van der Waals surface area (Å²) in [7, 11) is 0. The molecule has 0 bridgehead atoms. The van der Waals surface area contributed by atoms with Crippen molar-refractivity contribution in [1.29, 1.82) is 0 Å². The first-order valence-electron chi connectivity index (χ1n) is 5.12. The fourth-order valence-electron chi connectivity index (χ4n) is 1.37. The number of H-pyrrole nitrogens is 1. The Morgan fingerprint density at radius 3 is 3.00 bits per heavy atom. The van der Waals surface area contributed by atoms with Crippen molar-refractivity contribution in [2.75, 3.05) is 6.61 Å². The quantitative estimate of drug-likeness (QED) is 0.862. The van der Waals surface area contributed by atoms with Gasteiger partial charge in [-0.15, -0.1) is 11.3 Å². The molecule has 0 aromatic carbocycles. The predicted octanol–water partition coefficient (Wildman–Crippen LogP) is 4.06. The van der Waals surface area contributed by atoms with E-state index in [9.17, 15) is 0 Å². The summed E-state index contributed by atoms with van der Waals surface area (Å²) in [6.07, 6.45) is 0. The first-order chi connectivity index (χ1) is 8.19. The van der Waals surface area contributed by atoms with Crippen molar-refractivity contribution in [3.05, 3.63) is 33.0 Å². The van der Waals surface area contributed by atoms with Crippen molar-refractivity contribution < 1.29 is 4.74 Å². The minimum absolute atomic E-state index is 0.438. The largest absolute Gasteiger partial charge is 0.374 e. The molecular formula is C11H11ClN2OS2. The van der Waals surface area contributed by atoms with Gasteiger partial charge in [0.1, 0.15) is 17.1 Å². The second kappa shape index (κ2) is 5.73. The summed E-state index contributed by atoms with van der Waals surface area (Å²) >= 11 is 12.5. The maximum atomic E-state index is 5.91. The monoisotopic (exact) mass is 286 g/mol. The van der Waals surface area contributed by atoms with Crippen LogP contribution in [-0.2, 0) is 11.3 Å². The van der Waals surface area contributed by atoms with E-state index in [1.165, 1.54) is 11.3 Å². The van der Waals surface area contributed by atoms with Crippen LogP contribution in [0.2, 0.25) is 4.34 Å². The summed E-state index contributed by atoms with van der Waals surface area (Å²) < 4.78 is 6.61. The van der Waals surface area contributed by atoms with Crippen LogP contribution in [-0.4, -0.2) is 16.6 Å². The highest BCUT2D eigenvalue weighted by Gasteiger charge is 2.04. The Labute approximate surface area is 113 Å². The minimum Gasteiger partial charge on any atom is -0.374 e. The fraction of sp³-hybridized carbons (Fsp3) is 0.273. The van der Waals surface area contributed by atoms with Crippen molar-refractivity contribution in [3.63, 3.8) is 0 Å². The fourth-order valence-corrected chi connectivity index (χ4v) is 2.61. The third-order valence-electron chi connectivity index (χ3n) is 2.07. The van der Waals surface area contributed by atoms with E-state index in [1.54, 1.807) is 0 Å². The summed E-state index contributed by atoms with van der Waals surface area (Å²) in [5.41, 5.74) is 0.927. The number of rotatable bonds is 4. The Hall–Kier alpha value is -0.750. The summed E-state index contributed by atoms with van der Waals surface area (Å²) in [5.74, 6) is 0.735. The van der Waals surface area contributed by atoms with Gasteiger partial charge >= 0.3 is 0 Å². The molecule has 0 amide bonds. The molecule has 2 aromatic rings. The van der Waals surface area contributed by atoms with E-state index in [0.717, 1.165) is 20.7 Å². The molecule has 3 nitrogen and oxygen atoms in total. The molecule has 0 spiro atoms. The number of hydrogen-bond donors (Lipinski definition) is 1. The smallest absolute Gasteiger partial charge is 0.134 e. The highest BCUT2D eigenvalue weighted by atomic mass is 35.5. The van der Waals surface area contributed by atoms with E-state index in [0.29, 0.717) is 17.9 Å². The van der Waals surface area contributed by atoms with Crippen molar-refractivity contribution in [3.8, 4) is 10.6 Å². The zero-order chi connectivity index (χ0) is 12.3. The molecule has 2 rings (SSSR count). The molecule has 0 saturated carbocycles. The number of nitrogens with zero attached hydrogens (tertiary/aromatic N) is 1. The second-order valence-electron chi connectivity index (χ2n) is 3.32. The van der Waals surface area contributed by atoms with E-state index >= 15 is 0 Å². The first-order valence-corrected chi connectivity index (χ1v) is 6.73. The van der Waals surface area contributed by atoms with Gasteiger partial charge in [-0.25, -0.2) is 4.98 Å². The molecule has 6 heteroatoms. The van der Waals surface area contributed by atoms with Crippen molar-refractivity contribution in [2.24, 2.45) is 0 Å². The van der Waals surface area contributed by atoms with E-state index in [1.807, 2.05) is 25.1 Å². The Morgan fingerprint density at radius 1 is 1.53 bits per heavy atom. The lowest BCUT2D eigenvalue weighted by atomic mass is 10.3. The molecule has 0 fully saturated rings. The van der Waals surface area contributed by atoms with Crippen LogP contribution >= 0.6 is 35.2 Å². The third kappa shape index (κ3) is 3.35. The van der Waals surface area contributed by atoms with Crippen LogP contribution in [0, 0.1) is 4.64 Å². The molecule has 90 valence electrons. The van der Waals surface area contributed by atoms with Gasteiger partial charge in [0.2, 0.25) is 0 Å². The van der Waals surface area contributed by atoms with Crippen molar-refractivity contribution in [2.45, 2.75) is 13.5 Å². The lowest BCUT2D eigenvalue weighted by Gasteiger charge is -2.04. The maximum Gasteiger partial charge on any atom is 0.134 e.